The molecule has 6 rings (SSSR count). The molecule has 11 heteroatoms. The normalized spacial score (nSPS) is 12.5. The van der Waals surface area contributed by atoms with Crippen molar-refractivity contribution in [3.63, 3.8) is 0 Å². The maximum Gasteiger partial charge on any atom is 0.142 e. The Morgan fingerprint density at radius 1 is 1.12 bits per heavy atom. The lowest BCUT2D eigenvalue weighted by Crippen LogP contribution is -2.29. The summed E-state index contributed by atoms with van der Waals surface area (Å²) in [6.45, 7) is 3.90. The van der Waals surface area contributed by atoms with Crippen LogP contribution in [0.25, 0.3) is 20.7 Å². The summed E-state index contributed by atoms with van der Waals surface area (Å²) in [6, 6.07) is 11.8. The van der Waals surface area contributed by atoms with Gasteiger partial charge in [0.25, 0.3) is 0 Å². The zero-order chi connectivity index (χ0) is 28.3. The molecule has 1 aliphatic rings. The lowest BCUT2D eigenvalue weighted by atomic mass is 9.95. The van der Waals surface area contributed by atoms with Crippen LogP contribution in [0, 0.1) is 5.82 Å². The smallest absolute Gasteiger partial charge is 0.142 e. The number of aromatic nitrogens is 4. The Morgan fingerprint density at radius 2 is 2.02 bits per heavy atom. The van der Waals surface area contributed by atoms with Crippen molar-refractivity contribution in [2.45, 2.75) is 26.0 Å². The molecule has 0 amide bonds. The van der Waals surface area contributed by atoms with Gasteiger partial charge in [0.2, 0.25) is 0 Å². The van der Waals surface area contributed by atoms with Crippen LogP contribution in [0.2, 0.25) is 5.02 Å². The number of nitrogens with one attached hydrogen (secondary N) is 2. The summed E-state index contributed by atoms with van der Waals surface area (Å²) in [7, 11) is 4.16. The van der Waals surface area contributed by atoms with Crippen LogP contribution in [0.5, 0.6) is 5.75 Å². The molecular weight excluding hydrogens is 561 g/mol. The maximum atomic E-state index is 13.5. The largest absolute Gasteiger partial charge is 0.487 e. The van der Waals surface area contributed by atoms with Crippen molar-refractivity contribution in [3.05, 3.63) is 82.6 Å². The number of anilines is 2. The molecule has 2 N–H and O–H groups in total. The van der Waals surface area contributed by atoms with Crippen LogP contribution in [0.15, 0.2) is 55.0 Å². The molecule has 0 radical (unpaired) electrons. The SMILES string of the molecule is CN(C)CCNCCn1cc2c(n1)CCc1c-2sc2ncnc(Nc3ccc(OCc4cccc(F)c4)c(Cl)c3)c12. The number of hydrogen-bond acceptors (Lipinski definition) is 8. The van der Waals surface area contributed by atoms with E-state index in [0.717, 1.165) is 72.0 Å². The molecule has 0 saturated carbocycles. The Morgan fingerprint density at radius 3 is 2.85 bits per heavy atom. The third kappa shape index (κ3) is 6.20. The van der Waals surface area contributed by atoms with Gasteiger partial charge >= 0.3 is 0 Å². The topological polar surface area (TPSA) is 80.1 Å². The average Bonchev–Trinajstić information content (AvgIpc) is 3.54. The van der Waals surface area contributed by atoms with Crippen LogP contribution in [0.3, 0.4) is 0 Å². The minimum absolute atomic E-state index is 0.226. The van der Waals surface area contributed by atoms with Crippen LogP contribution >= 0.6 is 22.9 Å². The Hall–Kier alpha value is -3.57. The van der Waals surface area contributed by atoms with Crippen LogP contribution in [-0.4, -0.2) is 58.4 Å². The molecule has 41 heavy (non-hydrogen) atoms. The number of aryl methyl sites for hydroxylation is 2. The molecule has 5 aromatic rings. The first kappa shape index (κ1) is 27.6. The second kappa shape index (κ2) is 12.1. The second-order valence-corrected chi connectivity index (χ2v) is 11.7. The number of nitrogens with zero attached hydrogens (tertiary/aromatic N) is 5. The minimum Gasteiger partial charge on any atom is -0.487 e. The van der Waals surface area contributed by atoms with E-state index >= 15 is 0 Å². The number of benzene rings is 2. The quantitative estimate of drug-likeness (QED) is 0.185. The highest BCUT2D eigenvalue weighted by molar-refractivity contribution is 7.22. The first-order valence-corrected chi connectivity index (χ1v) is 14.8. The van der Waals surface area contributed by atoms with Gasteiger partial charge < -0.3 is 20.3 Å². The van der Waals surface area contributed by atoms with Gasteiger partial charge in [-0.1, -0.05) is 23.7 Å². The third-order valence-corrected chi connectivity index (χ3v) is 8.48. The molecule has 0 spiro atoms. The number of thiophene rings is 1. The van der Waals surface area contributed by atoms with Gasteiger partial charge in [-0.05, 0) is 68.4 Å². The predicted molar refractivity (Wildman–Crippen MR) is 163 cm³/mol. The highest BCUT2D eigenvalue weighted by Gasteiger charge is 2.26. The first-order valence-electron chi connectivity index (χ1n) is 13.6. The zero-order valence-corrected chi connectivity index (χ0v) is 24.5. The molecule has 212 valence electrons. The van der Waals surface area contributed by atoms with Crippen molar-refractivity contribution >= 4 is 44.7 Å². The molecule has 1 aliphatic carbocycles. The van der Waals surface area contributed by atoms with E-state index in [1.165, 1.54) is 28.1 Å². The number of hydrogen-bond donors (Lipinski definition) is 2. The summed E-state index contributed by atoms with van der Waals surface area (Å²) in [4.78, 5) is 13.5. The van der Waals surface area contributed by atoms with Crippen molar-refractivity contribution in [2.24, 2.45) is 0 Å². The van der Waals surface area contributed by atoms with Crippen LogP contribution in [-0.2, 0) is 26.0 Å². The van der Waals surface area contributed by atoms with Gasteiger partial charge in [0.1, 0.15) is 35.1 Å². The molecule has 0 aliphatic heterocycles. The van der Waals surface area contributed by atoms with Gasteiger partial charge in [-0.25, -0.2) is 14.4 Å². The van der Waals surface area contributed by atoms with Crippen LogP contribution in [0.1, 0.15) is 16.8 Å². The summed E-state index contributed by atoms with van der Waals surface area (Å²) in [5.41, 5.74) is 5.11. The maximum absolute atomic E-state index is 13.5. The van der Waals surface area contributed by atoms with Crippen molar-refractivity contribution in [2.75, 3.05) is 39.0 Å². The predicted octanol–water partition coefficient (Wildman–Crippen LogP) is 5.92. The summed E-state index contributed by atoms with van der Waals surface area (Å²) in [6.07, 6.45) is 5.52. The lowest BCUT2D eigenvalue weighted by Gasteiger charge is -2.13. The van der Waals surface area contributed by atoms with E-state index < -0.39 is 0 Å². The summed E-state index contributed by atoms with van der Waals surface area (Å²) >= 11 is 8.23. The number of likely N-dealkylation sites (N-methyl/N-ethyl adjacent to an activating group) is 1. The number of fused-ring (bicyclic) bond motifs is 5. The van der Waals surface area contributed by atoms with Crippen molar-refractivity contribution in [1.82, 2.24) is 30.0 Å². The van der Waals surface area contributed by atoms with E-state index in [4.69, 9.17) is 21.4 Å². The van der Waals surface area contributed by atoms with Gasteiger partial charge in [0.15, 0.2) is 0 Å². The Kier molecular flexibility index (Phi) is 8.16. The van der Waals surface area contributed by atoms with Gasteiger partial charge in [0.05, 0.1) is 22.6 Å². The molecule has 0 saturated heterocycles. The fraction of sp³-hybridized carbons (Fsp3) is 0.300. The monoisotopic (exact) mass is 591 g/mol. The summed E-state index contributed by atoms with van der Waals surface area (Å²) < 4.78 is 21.4. The fourth-order valence-corrected chi connectivity index (χ4v) is 6.43. The van der Waals surface area contributed by atoms with Crippen molar-refractivity contribution in [1.29, 1.82) is 0 Å². The first-order chi connectivity index (χ1) is 19.9. The molecule has 0 bridgehead atoms. The van der Waals surface area contributed by atoms with E-state index in [0.29, 0.717) is 10.8 Å². The molecular formula is C30H31ClFN7OS. The second-order valence-electron chi connectivity index (χ2n) is 10.3. The van der Waals surface area contributed by atoms with Crippen LogP contribution in [0.4, 0.5) is 15.9 Å². The Labute approximate surface area is 247 Å². The average molecular weight is 592 g/mol. The van der Waals surface area contributed by atoms with E-state index in [-0.39, 0.29) is 12.4 Å². The van der Waals surface area contributed by atoms with Gasteiger partial charge in [-0.2, -0.15) is 5.10 Å². The standard InChI is InChI=1S/C30H31ClFN7OS/c1-38(2)12-10-33-11-13-39-16-23-25(37-39)8-7-22-27-29(34-18-35-30(27)41-28(22)23)36-21-6-9-26(24(31)15-21)40-17-19-4-3-5-20(32)14-19/h3-6,9,14-16,18,33H,7-8,10-13,17H2,1-2H3,(H,34,35,36). The molecule has 3 aromatic heterocycles. The molecule has 0 unspecified atom stereocenters. The Balaban J connectivity index is 1.18. The molecule has 8 nitrogen and oxygen atoms in total. The highest BCUT2D eigenvalue weighted by Crippen LogP contribution is 2.45. The number of rotatable bonds is 11. The molecule has 0 atom stereocenters. The fourth-order valence-electron chi connectivity index (χ4n) is 4.98. The molecule has 3 heterocycles. The van der Waals surface area contributed by atoms with E-state index in [9.17, 15) is 4.39 Å². The van der Waals surface area contributed by atoms with Crippen molar-refractivity contribution < 1.29 is 9.13 Å². The lowest BCUT2D eigenvalue weighted by molar-refractivity contribution is 0.306. The molecule has 0 fully saturated rings. The molecule has 2 aromatic carbocycles. The van der Waals surface area contributed by atoms with E-state index in [1.54, 1.807) is 23.7 Å². The third-order valence-electron chi connectivity index (χ3n) is 7.01. The summed E-state index contributed by atoms with van der Waals surface area (Å²) in [5.74, 6) is 0.981. The zero-order valence-electron chi connectivity index (χ0n) is 23.0. The van der Waals surface area contributed by atoms with Crippen LogP contribution < -0.4 is 15.4 Å². The summed E-state index contributed by atoms with van der Waals surface area (Å²) in [5, 5.41) is 13.3. The van der Waals surface area contributed by atoms with E-state index in [1.807, 2.05) is 24.3 Å². The van der Waals surface area contributed by atoms with Gasteiger partial charge in [-0.15, -0.1) is 11.3 Å². The minimum atomic E-state index is -0.294. The van der Waals surface area contributed by atoms with Gasteiger partial charge in [0, 0.05) is 42.0 Å². The Bertz CT molecular complexity index is 1690. The van der Waals surface area contributed by atoms with Gasteiger partial charge in [-0.3, -0.25) is 4.68 Å². The van der Waals surface area contributed by atoms with Crippen molar-refractivity contribution in [3.8, 4) is 16.2 Å². The number of ether oxygens (including phenoxy) is 1. The highest BCUT2D eigenvalue weighted by atomic mass is 35.5. The van der Waals surface area contributed by atoms with E-state index in [2.05, 4.69) is 50.5 Å². The number of halogens is 2.